The van der Waals surface area contributed by atoms with Crippen LogP contribution in [-0.4, -0.2) is 24.9 Å². The van der Waals surface area contributed by atoms with Gasteiger partial charge < -0.3 is 9.47 Å². The van der Waals surface area contributed by atoms with E-state index in [4.69, 9.17) is 9.47 Å². The molecule has 0 radical (unpaired) electrons. The molecule has 0 aromatic heterocycles. The lowest BCUT2D eigenvalue weighted by atomic mass is 10.1. The number of hydrogen-bond donors (Lipinski definition) is 0. The highest BCUT2D eigenvalue weighted by Crippen LogP contribution is 2.29. The van der Waals surface area contributed by atoms with Gasteiger partial charge in [0.25, 0.3) is 0 Å². The minimum absolute atomic E-state index is 0.258. The second-order valence-electron chi connectivity index (χ2n) is 3.99. The number of carbonyl (C=O) groups is 2. The molecule has 19 heavy (non-hydrogen) atoms. The van der Waals surface area contributed by atoms with Crippen molar-refractivity contribution in [2.75, 3.05) is 11.5 Å². The fourth-order valence-corrected chi connectivity index (χ4v) is 1.91. The van der Waals surface area contributed by atoms with Gasteiger partial charge in [-0.1, -0.05) is 24.3 Å². The highest BCUT2D eigenvalue weighted by Gasteiger charge is 2.30. The number of esters is 1. The third-order valence-corrected chi connectivity index (χ3v) is 2.64. The highest BCUT2D eigenvalue weighted by atomic mass is 16.6. The lowest BCUT2D eigenvalue weighted by Gasteiger charge is -2.31. The van der Waals surface area contributed by atoms with Gasteiger partial charge >= 0.3 is 12.1 Å². The molecule has 2 rings (SSSR count). The lowest BCUT2D eigenvalue weighted by Crippen LogP contribution is -2.43. The smallest absolute Gasteiger partial charge is 0.417 e. The third-order valence-electron chi connectivity index (χ3n) is 2.64. The molecule has 1 atom stereocenters. The van der Waals surface area contributed by atoms with Crippen molar-refractivity contribution in [3.8, 4) is 0 Å². The van der Waals surface area contributed by atoms with E-state index in [1.807, 2.05) is 24.3 Å². The van der Waals surface area contributed by atoms with Crippen molar-refractivity contribution in [2.24, 2.45) is 0 Å². The normalized spacial score (nSPS) is 16.7. The van der Waals surface area contributed by atoms with Crippen LogP contribution in [0, 0.1) is 0 Å². The molecule has 100 valence electrons. The Hall–Kier alpha value is -2.30. The van der Waals surface area contributed by atoms with E-state index < -0.39 is 18.3 Å². The van der Waals surface area contributed by atoms with Crippen molar-refractivity contribution >= 4 is 23.8 Å². The number of anilines is 1. The number of fused-ring (bicyclic) bond motifs is 1. The number of para-hydroxylation sites is 1. The first kappa shape index (κ1) is 13.1. The standard InChI is InChI=1S/C14H15NO4/c1-3-18-14(17)15-12-7-5-4-6-11(12)8-9-13(15)19-10(2)16/h4-9,13H,3H2,1-2H3. The van der Waals surface area contributed by atoms with Crippen LogP contribution in [0.15, 0.2) is 30.3 Å². The van der Waals surface area contributed by atoms with Crippen LogP contribution in [-0.2, 0) is 14.3 Å². The summed E-state index contributed by atoms with van der Waals surface area (Å²) in [6.45, 7) is 3.29. The zero-order valence-corrected chi connectivity index (χ0v) is 10.8. The largest absolute Gasteiger partial charge is 0.449 e. The highest BCUT2D eigenvalue weighted by molar-refractivity contribution is 5.93. The average Bonchev–Trinajstić information content (AvgIpc) is 2.38. The SMILES string of the molecule is CCOC(=O)N1c2ccccc2C=CC1OC(C)=O. The van der Waals surface area contributed by atoms with Crippen LogP contribution in [0.1, 0.15) is 19.4 Å². The Morgan fingerprint density at radius 3 is 2.74 bits per heavy atom. The van der Waals surface area contributed by atoms with Crippen LogP contribution in [0.3, 0.4) is 0 Å². The van der Waals surface area contributed by atoms with Gasteiger partial charge in [0.15, 0.2) is 0 Å². The van der Waals surface area contributed by atoms with Gasteiger partial charge in [-0.05, 0) is 24.6 Å². The summed E-state index contributed by atoms with van der Waals surface area (Å²) >= 11 is 0. The molecule has 1 heterocycles. The van der Waals surface area contributed by atoms with E-state index in [1.165, 1.54) is 11.8 Å². The number of hydrogen-bond acceptors (Lipinski definition) is 4. The minimum Gasteiger partial charge on any atom is -0.449 e. The summed E-state index contributed by atoms with van der Waals surface area (Å²) in [5.74, 6) is -0.455. The maximum Gasteiger partial charge on any atom is 0.417 e. The van der Waals surface area contributed by atoms with Gasteiger partial charge in [-0.25, -0.2) is 9.69 Å². The maximum atomic E-state index is 12.0. The van der Waals surface area contributed by atoms with E-state index in [0.29, 0.717) is 5.69 Å². The van der Waals surface area contributed by atoms with Crippen LogP contribution in [0.2, 0.25) is 0 Å². The quantitative estimate of drug-likeness (QED) is 0.768. The minimum atomic E-state index is -0.772. The van der Waals surface area contributed by atoms with Gasteiger partial charge in [0, 0.05) is 6.92 Å². The molecular weight excluding hydrogens is 246 g/mol. The van der Waals surface area contributed by atoms with Crippen LogP contribution >= 0.6 is 0 Å². The number of carbonyl (C=O) groups excluding carboxylic acids is 2. The summed E-state index contributed by atoms with van der Waals surface area (Å²) in [4.78, 5) is 24.5. The van der Waals surface area contributed by atoms with E-state index in [0.717, 1.165) is 5.56 Å². The summed E-state index contributed by atoms with van der Waals surface area (Å²) < 4.78 is 10.1. The molecule has 0 bridgehead atoms. The molecule has 1 aliphatic heterocycles. The fourth-order valence-electron chi connectivity index (χ4n) is 1.91. The molecule has 0 aliphatic carbocycles. The monoisotopic (exact) mass is 261 g/mol. The predicted molar refractivity (Wildman–Crippen MR) is 70.5 cm³/mol. The Morgan fingerprint density at radius 1 is 1.32 bits per heavy atom. The molecule has 0 fully saturated rings. The summed E-state index contributed by atoms with van der Waals surface area (Å²) in [6, 6.07) is 7.35. The summed E-state index contributed by atoms with van der Waals surface area (Å²) in [5, 5.41) is 0. The molecule has 1 amide bonds. The Morgan fingerprint density at radius 2 is 2.05 bits per heavy atom. The first-order valence-electron chi connectivity index (χ1n) is 6.04. The Labute approximate surface area is 111 Å². The first-order chi connectivity index (χ1) is 9.13. The van der Waals surface area contributed by atoms with Gasteiger partial charge in [-0.15, -0.1) is 0 Å². The topological polar surface area (TPSA) is 55.8 Å². The molecule has 0 spiro atoms. The second-order valence-corrected chi connectivity index (χ2v) is 3.99. The van der Waals surface area contributed by atoms with Crippen molar-refractivity contribution in [1.82, 2.24) is 0 Å². The molecule has 1 unspecified atom stereocenters. The van der Waals surface area contributed by atoms with Gasteiger partial charge in [-0.2, -0.15) is 0 Å². The number of amides is 1. The van der Waals surface area contributed by atoms with E-state index >= 15 is 0 Å². The second kappa shape index (κ2) is 5.56. The van der Waals surface area contributed by atoms with Crippen LogP contribution < -0.4 is 4.90 Å². The molecule has 0 N–H and O–H groups in total. The summed E-state index contributed by atoms with van der Waals surface area (Å²) in [6.07, 6.45) is 2.16. The fraction of sp³-hybridized carbons (Fsp3) is 0.286. The Kier molecular flexibility index (Phi) is 3.85. The molecule has 0 saturated heterocycles. The zero-order chi connectivity index (χ0) is 13.8. The van der Waals surface area contributed by atoms with Crippen molar-refractivity contribution in [3.05, 3.63) is 35.9 Å². The maximum absolute atomic E-state index is 12.0. The van der Waals surface area contributed by atoms with E-state index in [-0.39, 0.29) is 6.61 Å². The average molecular weight is 261 g/mol. The first-order valence-corrected chi connectivity index (χ1v) is 6.04. The van der Waals surface area contributed by atoms with E-state index in [9.17, 15) is 9.59 Å². The molecule has 1 aliphatic rings. The lowest BCUT2D eigenvalue weighted by molar-refractivity contribution is -0.143. The Balaban J connectivity index is 2.37. The molecule has 5 nitrogen and oxygen atoms in total. The zero-order valence-electron chi connectivity index (χ0n) is 10.8. The van der Waals surface area contributed by atoms with Crippen molar-refractivity contribution in [2.45, 2.75) is 20.1 Å². The van der Waals surface area contributed by atoms with Gasteiger partial charge in [-0.3, -0.25) is 4.79 Å². The van der Waals surface area contributed by atoms with Crippen molar-refractivity contribution in [1.29, 1.82) is 0 Å². The van der Waals surface area contributed by atoms with Gasteiger partial charge in [0.05, 0.1) is 12.3 Å². The van der Waals surface area contributed by atoms with Crippen molar-refractivity contribution < 1.29 is 19.1 Å². The molecule has 0 saturated carbocycles. The Bertz CT molecular complexity index is 524. The van der Waals surface area contributed by atoms with E-state index in [1.54, 1.807) is 19.1 Å². The third kappa shape index (κ3) is 2.76. The number of nitrogens with zero attached hydrogens (tertiary/aromatic N) is 1. The van der Waals surface area contributed by atoms with Crippen LogP contribution in [0.5, 0.6) is 0 Å². The number of rotatable bonds is 2. The molecule has 1 aromatic rings. The van der Waals surface area contributed by atoms with Gasteiger partial charge in [0.2, 0.25) is 6.23 Å². The molecular formula is C14H15NO4. The summed E-state index contributed by atoms with van der Waals surface area (Å²) in [7, 11) is 0. The summed E-state index contributed by atoms with van der Waals surface area (Å²) in [5.41, 5.74) is 1.54. The number of benzene rings is 1. The van der Waals surface area contributed by atoms with E-state index in [2.05, 4.69) is 0 Å². The number of ether oxygens (including phenoxy) is 2. The van der Waals surface area contributed by atoms with Gasteiger partial charge in [0.1, 0.15) is 0 Å². The van der Waals surface area contributed by atoms with Crippen LogP contribution in [0.4, 0.5) is 10.5 Å². The van der Waals surface area contributed by atoms with Crippen molar-refractivity contribution in [3.63, 3.8) is 0 Å². The molecule has 1 aromatic carbocycles. The predicted octanol–water partition coefficient (Wildman–Crippen LogP) is 2.57. The molecule has 5 heteroatoms. The van der Waals surface area contributed by atoms with Crippen LogP contribution in [0.25, 0.3) is 6.08 Å².